The quantitative estimate of drug-likeness (QED) is 0.314. The lowest BCUT2D eigenvalue weighted by Crippen LogP contribution is -2.65. The predicted molar refractivity (Wildman–Crippen MR) is 128 cm³/mol. The molecule has 2 saturated heterocycles. The van der Waals surface area contributed by atoms with Crippen molar-refractivity contribution in [1.82, 2.24) is 9.80 Å². The molecule has 0 radical (unpaired) electrons. The summed E-state index contributed by atoms with van der Waals surface area (Å²) in [7, 11) is -0.292. The van der Waals surface area contributed by atoms with Gasteiger partial charge in [0, 0.05) is 13.1 Å². The number of rotatable bonds is 7. The van der Waals surface area contributed by atoms with E-state index < -0.39 is 26.7 Å². The van der Waals surface area contributed by atoms with Gasteiger partial charge in [-0.3, -0.25) is 14.6 Å². The van der Waals surface area contributed by atoms with Crippen molar-refractivity contribution in [2.75, 3.05) is 46.4 Å². The lowest BCUT2D eigenvalue weighted by atomic mass is 10.2. The molecule has 0 saturated carbocycles. The molecule has 0 aromatic rings. The first-order valence-corrected chi connectivity index (χ1v) is 14.3. The van der Waals surface area contributed by atoms with Gasteiger partial charge in [-0.05, 0) is 18.1 Å². The molecular weight excluding hydrogens is 442 g/mol. The van der Waals surface area contributed by atoms with Crippen molar-refractivity contribution in [3.63, 3.8) is 0 Å². The summed E-state index contributed by atoms with van der Waals surface area (Å²) in [5.41, 5.74) is 0. The molecule has 2 rings (SSSR count). The standard InChI is InChI=1S/C23H40N3O6Si/c1-9-13-30-21(28)24-11-12-25(20(27)16-24)19-15-18(32-33(7,8)23(3,4)5)17-26(19,6)22(29)31-14-10-2/h9-10,18-19H,1-2,11-17H2,3-8H3/q+1/t18-,19+,26?/m1/s1. The van der Waals surface area contributed by atoms with Crippen LogP contribution in [0.25, 0.3) is 0 Å². The van der Waals surface area contributed by atoms with E-state index in [4.69, 9.17) is 13.9 Å². The minimum atomic E-state index is -2.09. The zero-order valence-corrected chi connectivity index (χ0v) is 22.0. The molecule has 2 fully saturated rings. The van der Waals surface area contributed by atoms with Gasteiger partial charge in [0.25, 0.3) is 0 Å². The van der Waals surface area contributed by atoms with Crippen molar-refractivity contribution in [2.24, 2.45) is 0 Å². The molecule has 0 bridgehead atoms. The molecule has 2 aliphatic heterocycles. The molecular formula is C23H40N3O6Si+. The molecule has 0 spiro atoms. The number of nitrogens with zero attached hydrogens (tertiary/aromatic N) is 3. The van der Waals surface area contributed by atoms with E-state index in [0.717, 1.165) is 0 Å². The van der Waals surface area contributed by atoms with Gasteiger partial charge >= 0.3 is 12.2 Å². The Hall–Kier alpha value is -2.17. The Bertz CT molecular complexity index is 781. The first kappa shape index (κ1) is 27.1. The zero-order valence-electron chi connectivity index (χ0n) is 21.0. The third-order valence-corrected chi connectivity index (χ3v) is 11.5. The van der Waals surface area contributed by atoms with Crippen LogP contribution in [0, 0.1) is 0 Å². The van der Waals surface area contributed by atoms with E-state index in [1.54, 1.807) is 11.9 Å². The van der Waals surface area contributed by atoms with E-state index in [2.05, 4.69) is 47.0 Å². The van der Waals surface area contributed by atoms with E-state index >= 15 is 0 Å². The van der Waals surface area contributed by atoms with Crippen LogP contribution in [0.5, 0.6) is 0 Å². The second kappa shape index (κ2) is 10.4. The maximum absolute atomic E-state index is 13.1. The fourth-order valence-corrected chi connectivity index (χ4v) is 5.41. The highest BCUT2D eigenvalue weighted by Crippen LogP contribution is 2.40. The van der Waals surface area contributed by atoms with Crippen molar-refractivity contribution >= 4 is 26.4 Å². The Labute approximate surface area is 198 Å². The summed E-state index contributed by atoms with van der Waals surface area (Å²) in [5, 5.41) is 0.0189. The Morgan fingerprint density at radius 1 is 1.15 bits per heavy atom. The highest BCUT2D eigenvalue weighted by atomic mass is 28.4. The molecule has 0 aromatic carbocycles. The number of likely N-dealkylation sites (N-methyl/N-ethyl adjacent to an activating group) is 1. The molecule has 0 N–H and O–H groups in total. The minimum absolute atomic E-state index is 0.0189. The van der Waals surface area contributed by atoms with Crippen molar-refractivity contribution in [3.8, 4) is 0 Å². The van der Waals surface area contributed by atoms with Gasteiger partial charge < -0.3 is 13.9 Å². The van der Waals surface area contributed by atoms with Gasteiger partial charge in [-0.1, -0.05) is 46.1 Å². The van der Waals surface area contributed by atoms with Gasteiger partial charge in [0.05, 0.1) is 13.5 Å². The topological polar surface area (TPSA) is 85.4 Å². The van der Waals surface area contributed by atoms with Crippen LogP contribution in [0.15, 0.2) is 25.3 Å². The third-order valence-electron chi connectivity index (χ3n) is 6.92. The second-order valence-corrected chi connectivity index (χ2v) is 15.2. The van der Waals surface area contributed by atoms with Crippen LogP contribution in [0.1, 0.15) is 27.2 Å². The summed E-state index contributed by atoms with van der Waals surface area (Å²) < 4.78 is 17.0. The number of amides is 3. The zero-order chi connectivity index (χ0) is 25.0. The molecule has 33 heavy (non-hydrogen) atoms. The summed E-state index contributed by atoms with van der Waals surface area (Å²) in [6.45, 7) is 19.2. The number of carbonyl (C=O) groups excluding carboxylic acids is 3. The van der Waals surface area contributed by atoms with Crippen LogP contribution in [0.2, 0.25) is 18.1 Å². The van der Waals surface area contributed by atoms with E-state index in [9.17, 15) is 14.4 Å². The number of hydrogen-bond acceptors (Lipinski definition) is 6. The van der Waals surface area contributed by atoms with Gasteiger partial charge in [0.1, 0.15) is 32.4 Å². The average molecular weight is 483 g/mol. The molecule has 3 atom stereocenters. The predicted octanol–water partition coefficient (Wildman–Crippen LogP) is 3.34. The molecule has 2 aliphatic rings. The first-order chi connectivity index (χ1) is 15.3. The van der Waals surface area contributed by atoms with Crippen LogP contribution < -0.4 is 0 Å². The van der Waals surface area contributed by atoms with E-state index in [1.165, 1.54) is 17.1 Å². The number of ether oxygens (including phenoxy) is 2. The Balaban J connectivity index is 2.23. The summed E-state index contributed by atoms with van der Waals surface area (Å²) in [5.74, 6) is -0.226. The number of likely N-dealkylation sites (tertiary alicyclic amines) is 1. The Morgan fingerprint density at radius 2 is 1.76 bits per heavy atom. The monoisotopic (exact) mass is 482 g/mol. The lowest BCUT2D eigenvalue weighted by Gasteiger charge is -2.41. The van der Waals surface area contributed by atoms with Crippen LogP contribution in [-0.2, 0) is 18.7 Å². The van der Waals surface area contributed by atoms with E-state index in [-0.39, 0.29) is 41.3 Å². The summed E-state index contributed by atoms with van der Waals surface area (Å²) in [6, 6.07) is 0. The lowest BCUT2D eigenvalue weighted by molar-refractivity contribution is -0.862. The fourth-order valence-electron chi connectivity index (χ4n) is 4.05. The van der Waals surface area contributed by atoms with Gasteiger partial charge in [0.2, 0.25) is 5.91 Å². The Kier molecular flexibility index (Phi) is 8.53. The number of carbonyl (C=O) groups is 3. The molecule has 186 valence electrons. The molecule has 3 amide bonds. The maximum Gasteiger partial charge on any atom is 0.517 e. The van der Waals surface area contributed by atoms with Gasteiger partial charge in [-0.15, -0.1) is 0 Å². The van der Waals surface area contributed by atoms with Crippen LogP contribution in [0.3, 0.4) is 0 Å². The van der Waals surface area contributed by atoms with Crippen LogP contribution in [0.4, 0.5) is 9.59 Å². The molecule has 0 aromatic heterocycles. The van der Waals surface area contributed by atoms with Crippen molar-refractivity contribution in [3.05, 3.63) is 25.3 Å². The largest absolute Gasteiger partial charge is 0.517 e. The number of hydrogen-bond donors (Lipinski definition) is 0. The van der Waals surface area contributed by atoms with Gasteiger partial charge in [0.15, 0.2) is 14.5 Å². The molecule has 1 unspecified atom stereocenters. The van der Waals surface area contributed by atoms with E-state index in [0.29, 0.717) is 26.1 Å². The smallest absolute Gasteiger partial charge is 0.445 e. The van der Waals surface area contributed by atoms with Crippen molar-refractivity contribution in [2.45, 2.75) is 57.6 Å². The van der Waals surface area contributed by atoms with Crippen molar-refractivity contribution in [1.29, 1.82) is 0 Å². The average Bonchev–Trinajstić information content (AvgIpc) is 3.05. The molecule has 9 nitrogen and oxygen atoms in total. The summed E-state index contributed by atoms with van der Waals surface area (Å²) in [4.78, 5) is 41.4. The molecule has 10 heteroatoms. The summed E-state index contributed by atoms with van der Waals surface area (Å²) >= 11 is 0. The molecule has 2 heterocycles. The highest BCUT2D eigenvalue weighted by molar-refractivity contribution is 6.74. The normalized spacial score (nSPS) is 26.2. The SMILES string of the molecule is C=CCOC(=O)N1CCN([C@@H]2C[C@@H](O[Si](C)(C)C(C)(C)C)C[N+]2(C)C(=O)OCC=C)C(=O)C1. The second-order valence-electron chi connectivity index (χ2n) is 10.4. The first-order valence-electron chi connectivity index (χ1n) is 11.4. The fraction of sp³-hybridized carbons (Fsp3) is 0.696. The maximum atomic E-state index is 13.1. The van der Waals surface area contributed by atoms with Gasteiger partial charge in [-0.25, -0.2) is 9.28 Å². The minimum Gasteiger partial charge on any atom is -0.445 e. The third kappa shape index (κ3) is 6.04. The number of quaternary nitrogens is 1. The highest BCUT2D eigenvalue weighted by Gasteiger charge is 2.57. The van der Waals surface area contributed by atoms with Crippen molar-refractivity contribution < 1.29 is 32.8 Å². The van der Waals surface area contributed by atoms with E-state index in [1.807, 2.05) is 0 Å². The molecule has 0 aliphatic carbocycles. The Morgan fingerprint density at radius 3 is 2.30 bits per heavy atom. The summed E-state index contributed by atoms with van der Waals surface area (Å²) in [6.07, 6.45) is 1.96. The van der Waals surface area contributed by atoms with Crippen LogP contribution >= 0.6 is 0 Å². The van der Waals surface area contributed by atoms with Gasteiger partial charge in [-0.2, -0.15) is 4.79 Å². The number of piperazine rings is 1. The van der Waals surface area contributed by atoms with Crippen LogP contribution in [-0.4, -0.2) is 99.4 Å².